The molecule has 0 saturated carbocycles. The Morgan fingerprint density at radius 1 is 0.909 bits per heavy atom. The molecule has 3 aromatic carbocycles. The van der Waals surface area contributed by atoms with Crippen molar-refractivity contribution in [1.82, 2.24) is 0 Å². The van der Waals surface area contributed by atoms with Crippen LogP contribution in [-0.4, -0.2) is 26.4 Å². The quantitative estimate of drug-likeness (QED) is 0.352. The minimum absolute atomic E-state index is 0.0468. The fraction of sp³-hybridized carbons (Fsp3) is 0.115. The molecule has 0 saturated heterocycles. The van der Waals surface area contributed by atoms with Gasteiger partial charge < -0.3 is 23.7 Å². The maximum Gasteiger partial charge on any atom is 0.235 e. The topological polar surface area (TPSA) is 78.1 Å². The lowest BCUT2D eigenvalue weighted by molar-refractivity contribution is 0.393. The minimum atomic E-state index is -0.586. The molecule has 4 rings (SSSR count). The molecule has 33 heavy (non-hydrogen) atoms. The summed E-state index contributed by atoms with van der Waals surface area (Å²) in [6, 6.07) is 15.7. The molecular weight excluding hydrogens is 444 g/mol. The van der Waals surface area contributed by atoms with Crippen LogP contribution < -0.4 is 19.6 Å². The maximum atomic E-state index is 12.9. The number of fused-ring (bicyclic) bond motifs is 1. The number of hydrogen-bond acceptors (Lipinski definition) is 6. The van der Waals surface area contributed by atoms with E-state index in [4.69, 9.17) is 30.2 Å². The van der Waals surface area contributed by atoms with Crippen molar-refractivity contribution >= 4 is 34.7 Å². The number of para-hydroxylation sites is 1. The molecule has 7 heteroatoms. The van der Waals surface area contributed by atoms with Crippen molar-refractivity contribution in [2.24, 2.45) is 0 Å². The molecule has 0 fully saturated rings. The van der Waals surface area contributed by atoms with E-state index in [2.05, 4.69) is 0 Å². The smallest absolute Gasteiger partial charge is 0.235 e. The number of rotatable bonds is 6. The van der Waals surface area contributed by atoms with Crippen LogP contribution in [0.15, 0.2) is 63.8 Å². The Bertz CT molecular complexity index is 1400. The van der Waals surface area contributed by atoms with E-state index in [-0.39, 0.29) is 21.8 Å². The summed E-state index contributed by atoms with van der Waals surface area (Å²) in [5, 5.41) is 11.2. The number of ether oxygens (including phenoxy) is 3. The third kappa shape index (κ3) is 4.25. The first-order valence-corrected chi connectivity index (χ1v) is 10.4. The third-order valence-corrected chi connectivity index (χ3v) is 5.50. The van der Waals surface area contributed by atoms with Crippen molar-refractivity contribution in [3.8, 4) is 34.3 Å². The molecule has 168 valence electrons. The summed E-state index contributed by atoms with van der Waals surface area (Å²) >= 11 is 6.28. The SMILES string of the molecule is COc1ccc(C=Cc2cc(OC)cc(OC)c2-c2oc3c(Cl)cccc3c(=O)c2O)cc1. The second kappa shape index (κ2) is 9.30. The average molecular weight is 465 g/mol. The predicted molar refractivity (Wildman–Crippen MR) is 130 cm³/mol. The van der Waals surface area contributed by atoms with Gasteiger partial charge in [0.15, 0.2) is 11.3 Å². The van der Waals surface area contributed by atoms with Crippen molar-refractivity contribution < 1.29 is 23.7 Å². The number of benzene rings is 3. The van der Waals surface area contributed by atoms with Crippen molar-refractivity contribution in [3.05, 3.63) is 81.0 Å². The van der Waals surface area contributed by atoms with E-state index in [0.717, 1.165) is 11.3 Å². The van der Waals surface area contributed by atoms with Crippen LogP contribution in [0.3, 0.4) is 0 Å². The molecule has 6 nitrogen and oxygen atoms in total. The van der Waals surface area contributed by atoms with E-state index in [9.17, 15) is 9.90 Å². The Hall–Kier alpha value is -3.90. The summed E-state index contributed by atoms with van der Waals surface area (Å²) in [5.41, 5.74) is 1.50. The third-order valence-electron chi connectivity index (χ3n) is 5.21. The standard InChI is InChI=1S/C26H21ClO6/c1-30-17-11-8-15(9-12-17)7-10-16-13-18(31-2)14-21(32-3)22(16)26-24(29)23(28)19-5-4-6-20(27)25(19)33-26/h4-14,29H,1-3H3. The molecule has 0 bridgehead atoms. The van der Waals surface area contributed by atoms with Gasteiger partial charge in [-0.05, 0) is 41.5 Å². The average Bonchev–Trinajstić information content (AvgIpc) is 2.85. The van der Waals surface area contributed by atoms with Crippen molar-refractivity contribution in [2.75, 3.05) is 21.3 Å². The van der Waals surface area contributed by atoms with Crippen molar-refractivity contribution in [3.63, 3.8) is 0 Å². The molecule has 4 aromatic rings. The highest BCUT2D eigenvalue weighted by Gasteiger charge is 2.23. The first-order valence-electron chi connectivity index (χ1n) is 9.99. The number of hydrogen-bond donors (Lipinski definition) is 1. The van der Waals surface area contributed by atoms with E-state index < -0.39 is 11.2 Å². The minimum Gasteiger partial charge on any atom is -0.502 e. The van der Waals surface area contributed by atoms with Gasteiger partial charge >= 0.3 is 0 Å². The monoisotopic (exact) mass is 464 g/mol. The lowest BCUT2D eigenvalue weighted by atomic mass is 10.00. The fourth-order valence-corrected chi connectivity index (χ4v) is 3.72. The van der Waals surface area contributed by atoms with Gasteiger partial charge in [-0.3, -0.25) is 4.79 Å². The van der Waals surface area contributed by atoms with Crippen LogP contribution in [0.1, 0.15) is 11.1 Å². The van der Waals surface area contributed by atoms with Crippen LogP contribution in [0, 0.1) is 0 Å². The largest absolute Gasteiger partial charge is 0.502 e. The van der Waals surface area contributed by atoms with E-state index in [1.54, 1.807) is 44.6 Å². The van der Waals surface area contributed by atoms with Gasteiger partial charge in [0.2, 0.25) is 11.2 Å². The van der Waals surface area contributed by atoms with E-state index in [0.29, 0.717) is 22.6 Å². The molecule has 0 radical (unpaired) electrons. The van der Waals surface area contributed by atoms with Crippen LogP contribution in [0.4, 0.5) is 0 Å². The summed E-state index contributed by atoms with van der Waals surface area (Å²) in [7, 11) is 4.63. The molecule has 0 unspecified atom stereocenters. The Morgan fingerprint density at radius 3 is 2.30 bits per heavy atom. The van der Waals surface area contributed by atoms with Gasteiger partial charge in [0.05, 0.1) is 37.3 Å². The lowest BCUT2D eigenvalue weighted by Crippen LogP contribution is -2.04. The van der Waals surface area contributed by atoms with Gasteiger partial charge in [-0.1, -0.05) is 42.0 Å². The molecule has 0 aliphatic rings. The van der Waals surface area contributed by atoms with Gasteiger partial charge in [0.1, 0.15) is 17.2 Å². The Kier molecular flexibility index (Phi) is 6.29. The highest BCUT2D eigenvalue weighted by Crippen LogP contribution is 2.42. The van der Waals surface area contributed by atoms with E-state index >= 15 is 0 Å². The first-order chi connectivity index (χ1) is 16.0. The molecule has 1 aromatic heterocycles. The second-order valence-corrected chi connectivity index (χ2v) is 7.53. The number of aromatic hydroxyl groups is 1. The number of methoxy groups -OCH3 is 3. The van der Waals surface area contributed by atoms with Crippen LogP contribution in [-0.2, 0) is 0 Å². The van der Waals surface area contributed by atoms with Gasteiger partial charge in [-0.2, -0.15) is 0 Å². The number of halogens is 1. The Balaban J connectivity index is 1.96. The summed E-state index contributed by atoms with van der Waals surface area (Å²) < 4.78 is 22.2. The highest BCUT2D eigenvalue weighted by atomic mass is 35.5. The predicted octanol–water partition coefficient (Wildman–Crippen LogP) is 6.02. The lowest BCUT2D eigenvalue weighted by Gasteiger charge is -2.15. The molecular formula is C26H21ClO6. The second-order valence-electron chi connectivity index (χ2n) is 7.13. The molecule has 1 N–H and O–H groups in total. The van der Waals surface area contributed by atoms with Gasteiger partial charge in [0.25, 0.3) is 0 Å². The molecule has 0 atom stereocenters. The fourth-order valence-electron chi connectivity index (χ4n) is 3.51. The Labute approximate surface area is 195 Å². The molecule has 0 aliphatic carbocycles. The normalized spacial score (nSPS) is 11.2. The zero-order valence-corrected chi connectivity index (χ0v) is 19.0. The van der Waals surface area contributed by atoms with Gasteiger partial charge in [-0.15, -0.1) is 0 Å². The molecule has 1 heterocycles. The Morgan fingerprint density at radius 2 is 1.64 bits per heavy atom. The summed E-state index contributed by atoms with van der Waals surface area (Å²) in [4.78, 5) is 12.9. The van der Waals surface area contributed by atoms with E-state index in [1.165, 1.54) is 7.11 Å². The van der Waals surface area contributed by atoms with Crippen LogP contribution in [0.25, 0.3) is 34.4 Å². The zero-order chi connectivity index (χ0) is 23.5. The summed E-state index contributed by atoms with van der Waals surface area (Å²) in [6.07, 6.45) is 3.69. The van der Waals surface area contributed by atoms with Crippen LogP contribution in [0.2, 0.25) is 5.02 Å². The van der Waals surface area contributed by atoms with Crippen molar-refractivity contribution in [1.29, 1.82) is 0 Å². The van der Waals surface area contributed by atoms with Gasteiger partial charge in [-0.25, -0.2) is 0 Å². The van der Waals surface area contributed by atoms with Gasteiger partial charge in [0, 0.05) is 6.07 Å². The van der Waals surface area contributed by atoms with Crippen LogP contribution >= 0.6 is 11.6 Å². The maximum absolute atomic E-state index is 12.9. The highest BCUT2D eigenvalue weighted by molar-refractivity contribution is 6.34. The summed E-state index contributed by atoms with van der Waals surface area (Å²) in [5.74, 6) is 1.05. The zero-order valence-electron chi connectivity index (χ0n) is 18.2. The van der Waals surface area contributed by atoms with E-state index in [1.807, 2.05) is 36.4 Å². The molecule has 0 aliphatic heterocycles. The molecule has 0 spiro atoms. The molecule has 0 amide bonds. The summed E-state index contributed by atoms with van der Waals surface area (Å²) in [6.45, 7) is 0. The van der Waals surface area contributed by atoms with Crippen LogP contribution in [0.5, 0.6) is 23.0 Å². The first kappa shape index (κ1) is 22.3. The van der Waals surface area contributed by atoms with Crippen molar-refractivity contribution in [2.45, 2.75) is 0 Å².